The van der Waals surface area contributed by atoms with E-state index < -0.39 is 5.60 Å². The van der Waals surface area contributed by atoms with Crippen molar-refractivity contribution in [2.24, 2.45) is 4.99 Å². The van der Waals surface area contributed by atoms with Crippen LogP contribution in [0.3, 0.4) is 0 Å². The van der Waals surface area contributed by atoms with Gasteiger partial charge in [0.2, 0.25) is 0 Å². The summed E-state index contributed by atoms with van der Waals surface area (Å²) >= 11 is 0. The summed E-state index contributed by atoms with van der Waals surface area (Å²) in [7, 11) is 1.76. The predicted molar refractivity (Wildman–Crippen MR) is 113 cm³/mol. The van der Waals surface area contributed by atoms with Crippen LogP contribution in [0.2, 0.25) is 0 Å². The summed E-state index contributed by atoms with van der Waals surface area (Å²) in [5.74, 6) is 0.821. The first-order chi connectivity index (χ1) is 13.7. The molecule has 1 aromatic rings. The third-order valence-electron chi connectivity index (χ3n) is 5.43. The van der Waals surface area contributed by atoms with Gasteiger partial charge in [-0.1, -0.05) is 18.2 Å². The minimum Gasteiger partial charge on any atom is -0.444 e. The summed E-state index contributed by atoms with van der Waals surface area (Å²) in [5.41, 5.74) is 0.291. The molecular formula is C22H33FN4O2. The fourth-order valence-electron chi connectivity index (χ4n) is 3.87. The Kier molecular flexibility index (Phi) is 6.65. The Labute approximate surface area is 172 Å². The van der Waals surface area contributed by atoms with Gasteiger partial charge in [0.15, 0.2) is 5.96 Å². The quantitative estimate of drug-likeness (QED) is 0.529. The molecule has 0 aromatic heterocycles. The molecule has 0 heterocycles. The van der Waals surface area contributed by atoms with Gasteiger partial charge in [-0.3, -0.25) is 4.99 Å². The lowest BCUT2D eigenvalue weighted by molar-refractivity contribution is 0.0490. The van der Waals surface area contributed by atoms with E-state index >= 15 is 0 Å². The van der Waals surface area contributed by atoms with Crippen molar-refractivity contribution < 1.29 is 13.9 Å². The second-order valence-electron chi connectivity index (χ2n) is 9.03. The molecule has 29 heavy (non-hydrogen) atoms. The Morgan fingerprint density at radius 1 is 1.07 bits per heavy atom. The first-order valence-electron chi connectivity index (χ1n) is 10.5. The van der Waals surface area contributed by atoms with Gasteiger partial charge < -0.3 is 20.7 Å². The highest BCUT2D eigenvalue weighted by Gasteiger charge is 2.40. The Morgan fingerprint density at radius 3 is 2.28 bits per heavy atom. The number of guanidine groups is 1. The average Bonchev–Trinajstić information content (AvgIpc) is 3.40. The van der Waals surface area contributed by atoms with Crippen LogP contribution in [-0.4, -0.2) is 42.8 Å². The Hall–Kier alpha value is -2.31. The van der Waals surface area contributed by atoms with Gasteiger partial charge in [0.25, 0.3) is 0 Å². The summed E-state index contributed by atoms with van der Waals surface area (Å²) < 4.78 is 19.3. The monoisotopic (exact) mass is 404 g/mol. The van der Waals surface area contributed by atoms with Crippen molar-refractivity contribution in [2.45, 2.75) is 82.5 Å². The van der Waals surface area contributed by atoms with Crippen molar-refractivity contribution in [1.82, 2.24) is 16.0 Å². The zero-order valence-electron chi connectivity index (χ0n) is 17.8. The first kappa shape index (κ1) is 21.4. The van der Waals surface area contributed by atoms with E-state index in [0.717, 1.165) is 43.6 Å². The smallest absolute Gasteiger partial charge is 0.407 e. The number of nitrogens with one attached hydrogen (secondary N) is 3. The summed E-state index contributed by atoms with van der Waals surface area (Å²) in [6.45, 7) is 5.59. The number of alkyl carbamates (subject to hydrolysis) is 1. The largest absolute Gasteiger partial charge is 0.444 e. The lowest BCUT2D eigenvalue weighted by Gasteiger charge is -2.31. The number of nitrogens with zero attached hydrogens (tertiary/aromatic N) is 1. The fourth-order valence-corrected chi connectivity index (χ4v) is 3.87. The molecule has 0 radical (unpaired) electrons. The van der Waals surface area contributed by atoms with Crippen LogP contribution in [0.25, 0.3) is 0 Å². The Morgan fingerprint density at radius 2 is 1.69 bits per heavy atom. The first-order valence-corrected chi connectivity index (χ1v) is 10.5. The van der Waals surface area contributed by atoms with E-state index in [2.05, 4.69) is 20.9 Å². The molecule has 0 saturated heterocycles. The van der Waals surface area contributed by atoms with E-state index in [1.54, 1.807) is 13.1 Å². The standard InChI is InChI=1S/C22H33FN4O2/c1-22(2,3)29-21(28)26-15-11-9-14(10-12-15)25-20(24-4)27-19-13-17(19)16-7-5-6-8-18(16)23/h5-8,14-15,17,19H,9-13H2,1-4H3,(H,26,28)(H2,24,25,27). The molecular weight excluding hydrogens is 371 g/mol. The second-order valence-corrected chi connectivity index (χ2v) is 9.03. The number of carbonyl (C=O) groups excluding carboxylic acids is 1. The van der Waals surface area contributed by atoms with Crippen molar-refractivity contribution in [3.8, 4) is 0 Å². The predicted octanol–water partition coefficient (Wildman–Crippen LogP) is 3.68. The number of halogens is 1. The van der Waals surface area contributed by atoms with Gasteiger partial charge in [0, 0.05) is 31.1 Å². The van der Waals surface area contributed by atoms with E-state index in [-0.39, 0.29) is 29.9 Å². The molecule has 0 bridgehead atoms. The number of hydrogen-bond donors (Lipinski definition) is 3. The third kappa shape index (κ3) is 6.34. The van der Waals surface area contributed by atoms with Gasteiger partial charge >= 0.3 is 6.09 Å². The normalized spacial score (nSPS) is 27.1. The van der Waals surface area contributed by atoms with Crippen LogP contribution >= 0.6 is 0 Å². The highest BCUT2D eigenvalue weighted by atomic mass is 19.1. The molecule has 2 aliphatic carbocycles. The molecule has 2 fully saturated rings. The molecule has 3 rings (SSSR count). The number of hydrogen-bond acceptors (Lipinski definition) is 3. The lowest BCUT2D eigenvalue weighted by atomic mass is 9.91. The molecule has 2 saturated carbocycles. The van der Waals surface area contributed by atoms with Crippen molar-refractivity contribution in [2.75, 3.05) is 7.05 Å². The van der Waals surface area contributed by atoms with E-state index in [1.165, 1.54) is 6.07 Å². The van der Waals surface area contributed by atoms with E-state index in [4.69, 9.17) is 4.74 Å². The summed E-state index contributed by atoms with van der Waals surface area (Å²) in [5, 5.41) is 9.86. The molecule has 0 aliphatic heterocycles. The van der Waals surface area contributed by atoms with E-state index in [1.807, 2.05) is 32.9 Å². The van der Waals surface area contributed by atoms with Gasteiger partial charge in [-0.25, -0.2) is 9.18 Å². The number of benzene rings is 1. The molecule has 2 unspecified atom stereocenters. The zero-order valence-corrected chi connectivity index (χ0v) is 17.8. The highest BCUT2D eigenvalue weighted by molar-refractivity contribution is 5.80. The summed E-state index contributed by atoms with van der Waals surface area (Å²) in [4.78, 5) is 16.3. The fraction of sp³-hybridized carbons (Fsp3) is 0.636. The minimum absolute atomic E-state index is 0.138. The van der Waals surface area contributed by atoms with Gasteiger partial charge in [0.1, 0.15) is 11.4 Å². The van der Waals surface area contributed by atoms with Crippen molar-refractivity contribution >= 4 is 12.1 Å². The van der Waals surface area contributed by atoms with Gasteiger partial charge in [0.05, 0.1) is 0 Å². The number of rotatable bonds is 4. The molecule has 7 heteroatoms. The lowest BCUT2D eigenvalue weighted by Crippen LogP contribution is -2.48. The number of carbonyl (C=O) groups is 1. The minimum atomic E-state index is -0.482. The van der Waals surface area contributed by atoms with Crippen LogP contribution in [0.1, 0.15) is 64.4 Å². The van der Waals surface area contributed by atoms with E-state index in [9.17, 15) is 9.18 Å². The maximum absolute atomic E-state index is 14.0. The Balaban J connectivity index is 1.41. The third-order valence-corrected chi connectivity index (χ3v) is 5.43. The molecule has 160 valence electrons. The highest BCUT2D eigenvalue weighted by Crippen LogP contribution is 2.41. The molecule has 1 aromatic carbocycles. The van der Waals surface area contributed by atoms with Gasteiger partial charge in [-0.2, -0.15) is 0 Å². The Bertz CT molecular complexity index is 739. The van der Waals surface area contributed by atoms with Crippen LogP contribution in [0.4, 0.5) is 9.18 Å². The van der Waals surface area contributed by atoms with Crippen molar-refractivity contribution in [3.05, 3.63) is 35.6 Å². The number of aliphatic imine (C=N–C) groups is 1. The SMILES string of the molecule is CN=C(NC1CCC(NC(=O)OC(C)(C)C)CC1)NC1CC1c1ccccc1F. The number of amides is 1. The van der Waals surface area contributed by atoms with Crippen molar-refractivity contribution in [3.63, 3.8) is 0 Å². The summed E-state index contributed by atoms with van der Waals surface area (Å²) in [6, 6.07) is 7.64. The molecule has 2 atom stereocenters. The van der Waals surface area contributed by atoms with Gasteiger partial charge in [-0.05, 0) is 64.5 Å². The summed E-state index contributed by atoms with van der Waals surface area (Å²) in [6.07, 6.45) is 4.25. The molecule has 3 N–H and O–H groups in total. The average molecular weight is 405 g/mol. The molecule has 0 spiro atoms. The van der Waals surface area contributed by atoms with E-state index in [0.29, 0.717) is 6.04 Å². The second kappa shape index (κ2) is 9.01. The van der Waals surface area contributed by atoms with Crippen LogP contribution < -0.4 is 16.0 Å². The molecule has 6 nitrogen and oxygen atoms in total. The molecule has 2 aliphatic rings. The van der Waals surface area contributed by atoms with Crippen LogP contribution in [0, 0.1) is 5.82 Å². The topological polar surface area (TPSA) is 74.8 Å². The van der Waals surface area contributed by atoms with Crippen molar-refractivity contribution in [1.29, 1.82) is 0 Å². The maximum atomic E-state index is 14.0. The number of ether oxygens (including phenoxy) is 1. The van der Waals surface area contributed by atoms with Crippen LogP contribution in [-0.2, 0) is 4.74 Å². The van der Waals surface area contributed by atoms with Crippen LogP contribution in [0.15, 0.2) is 29.3 Å². The zero-order chi connectivity index (χ0) is 21.0. The van der Waals surface area contributed by atoms with Gasteiger partial charge in [-0.15, -0.1) is 0 Å². The van der Waals surface area contributed by atoms with Crippen LogP contribution in [0.5, 0.6) is 0 Å². The molecule has 1 amide bonds. The maximum Gasteiger partial charge on any atom is 0.407 e.